The zero-order valence-corrected chi connectivity index (χ0v) is 21.5. The Hall–Kier alpha value is -2.24. The van der Waals surface area contributed by atoms with Gasteiger partial charge in [0.25, 0.3) is 0 Å². The van der Waals surface area contributed by atoms with Gasteiger partial charge in [0.1, 0.15) is 0 Å². The fraction of sp³-hybridized carbons (Fsp3) is 0.500. The van der Waals surface area contributed by atoms with Crippen molar-refractivity contribution in [2.45, 2.75) is 101 Å². The molecule has 2 fully saturated rings. The van der Waals surface area contributed by atoms with E-state index in [-0.39, 0.29) is 36.6 Å². The second-order valence-electron chi connectivity index (χ2n) is 9.98. The van der Waals surface area contributed by atoms with E-state index in [9.17, 15) is 0 Å². The third kappa shape index (κ3) is 7.88. The lowest BCUT2D eigenvalue weighted by Crippen LogP contribution is -2.34. The summed E-state index contributed by atoms with van der Waals surface area (Å²) in [5, 5.41) is 0. The molecule has 2 aliphatic rings. The maximum absolute atomic E-state index is 6.59. The number of benzene rings is 2. The third-order valence-electron chi connectivity index (χ3n) is 7.34. The SMILES string of the molecule is C=CCC[C@H](OCc1ccccc1)[C@H]1CC[C@@H]([C@@H]2CC[C@H]([C@@H](CCC=C)OCc3ccccc3)O2)O1. The van der Waals surface area contributed by atoms with E-state index in [0.29, 0.717) is 13.2 Å². The van der Waals surface area contributed by atoms with Crippen LogP contribution in [0.2, 0.25) is 0 Å². The fourth-order valence-corrected chi connectivity index (χ4v) is 5.34. The van der Waals surface area contributed by atoms with E-state index in [1.54, 1.807) is 0 Å². The average molecular weight is 491 g/mol. The van der Waals surface area contributed by atoms with Gasteiger partial charge >= 0.3 is 0 Å². The van der Waals surface area contributed by atoms with Crippen molar-refractivity contribution < 1.29 is 18.9 Å². The Morgan fingerprint density at radius 1 is 0.667 bits per heavy atom. The molecule has 2 saturated heterocycles. The van der Waals surface area contributed by atoms with Crippen LogP contribution in [0.5, 0.6) is 0 Å². The minimum absolute atomic E-state index is 0.0694. The van der Waals surface area contributed by atoms with Crippen molar-refractivity contribution in [3.8, 4) is 0 Å². The summed E-state index contributed by atoms with van der Waals surface area (Å²) < 4.78 is 25.9. The van der Waals surface area contributed by atoms with Crippen molar-refractivity contribution >= 4 is 0 Å². The molecular weight excluding hydrogens is 448 g/mol. The van der Waals surface area contributed by atoms with Gasteiger partial charge in [-0.25, -0.2) is 0 Å². The highest BCUT2D eigenvalue weighted by atomic mass is 16.6. The molecule has 0 amide bonds. The second-order valence-corrected chi connectivity index (χ2v) is 9.98. The van der Waals surface area contributed by atoms with E-state index in [0.717, 1.165) is 51.4 Å². The van der Waals surface area contributed by atoms with Gasteiger partial charge in [0, 0.05) is 0 Å². The van der Waals surface area contributed by atoms with Crippen LogP contribution in [0.4, 0.5) is 0 Å². The van der Waals surface area contributed by atoms with Crippen LogP contribution in [0.3, 0.4) is 0 Å². The molecule has 0 radical (unpaired) electrons. The van der Waals surface area contributed by atoms with E-state index in [2.05, 4.69) is 61.7 Å². The molecule has 0 aromatic heterocycles. The molecule has 2 heterocycles. The molecule has 36 heavy (non-hydrogen) atoms. The molecule has 194 valence electrons. The quantitative estimate of drug-likeness (QED) is 0.248. The molecule has 2 aromatic carbocycles. The first-order valence-corrected chi connectivity index (χ1v) is 13.6. The van der Waals surface area contributed by atoms with Gasteiger partial charge in [-0.3, -0.25) is 0 Å². The number of hydrogen-bond donors (Lipinski definition) is 0. The molecule has 2 aliphatic heterocycles. The Kier molecular flexibility index (Phi) is 10.8. The van der Waals surface area contributed by atoms with E-state index >= 15 is 0 Å². The minimum Gasteiger partial charge on any atom is -0.371 e. The van der Waals surface area contributed by atoms with Crippen LogP contribution < -0.4 is 0 Å². The molecule has 4 rings (SSSR count). The summed E-state index contributed by atoms with van der Waals surface area (Å²) in [6.45, 7) is 9.02. The Morgan fingerprint density at radius 2 is 1.08 bits per heavy atom. The normalized spacial score (nSPS) is 25.4. The first kappa shape index (κ1) is 26.8. The number of ether oxygens (including phenoxy) is 4. The summed E-state index contributed by atoms with van der Waals surface area (Å²) in [7, 11) is 0. The molecule has 0 aliphatic carbocycles. The lowest BCUT2D eigenvalue weighted by molar-refractivity contribution is -0.131. The van der Waals surface area contributed by atoms with E-state index in [1.807, 2.05) is 24.3 Å². The van der Waals surface area contributed by atoms with Crippen molar-refractivity contribution in [2.24, 2.45) is 0 Å². The molecular formula is C32H42O4. The first-order valence-electron chi connectivity index (χ1n) is 13.6. The number of rotatable bonds is 15. The smallest absolute Gasteiger partial charge is 0.0844 e. The Bertz CT molecular complexity index is 823. The van der Waals surface area contributed by atoms with Crippen LogP contribution >= 0.6 is 0 Å². The number of allylic oxidation sites excluding steroid dienone is 2. The van der Waals surface area contributed by atoms with Gasteiger partial charge in [0.05, 0.1) is 49.8 Å². The molecule has 4 nitrogen and oxygen atoms in total. The van der Waals surface area contributed by atoms with Gasteiger partial charge < -0.3 is 18.9 Å². The average Bonchev–Trinajstić information content (AvgIpc) is 3.61. The van der Waals surface area contributed by atoms with E-state index in [4.69, 9.17) is 18.9 Å². The van der Waals surface area contributed by atoms with E-state index < -0.39 is 0 Å². The Morgan fingerprint density at radius 3 is 1.47 bits per heavy atom. The minimum atomic E-state index is 0.0694. The van der Waals surface area contributed by atoms with Crippen molar-refractivity contribution in [1.82, 2.24) is 0 Å². The highest BCUT2D eigenvalue weighted by Gasteiger charge is 2.41. The van der Waals surface area contributed by atoms with Crippen molar-refractivity contribution in [1.29, 1.82) is 0 Å². The Labute approximate surface area is 217 Å². The largest absolute Gasteiger partial charge is 0.371 e. The first-order chi connectivity index (χ1) is 17.8. The van der Waals surface area contributed by atoms with Gasteiger partial charge in [-0.05, 0) is 62.5 Å². The molecule has 4 heteroatoms. The summed E-state index contributed by atoms with van der Waals surface area (Å²) in [5.74, 6) is 0. The molecule has 0 spiro atoms. The van der Waals surface area contributed by atoms with Crippen LogP contribution in [0.15, 0.2) is 86.0 Å². The summed E-state index contributed by atoms with van der Waals surface area (Å²) in [6, 6.07) is 20.7. The van der Waals surface area contributed by atoms with Gasteiger partial charge in [-0.15, -0.1) is 13.2 Å². The zero-order valence-electron chi connectivity index (χ0n) is 21.5. The molecule has 0 saturated carbocycles. The van der Waals surface area contributed by atoms with Crippen molar-refractivity contribution in [3.05, 3.63) is 97.1 Å². The monoisotopic (exact) mass is 490 g/mol. The van der Waals surface area contributed by atoms with Gasteiger partial charge in [-0.2, -0.15) is 0 Å². The second kappa shape index (κ2) is 14.5. The van der Waals surface area contributed by atoms with Gasteiger partial charge in [-0.1, -0.05) is 72.8 Å². The third-order valence-corrected chi connectivity index (χ3v) is 7.34. The van der Waals surface area contributed by atoms with Crippen LogP contribution in [0, 0.1) is 0 Å². The molecule has 0 N–H and O–H groups in total. The zero-order chi connectivity index (χ0) is 25.0. The van der Waals surface area contributed by atoms with Crippen molar-refractivity contribution in [3.63, 3.8) is 0 Å². The maximum Gasteiger partial charge on any atom is 0.0844 e. The van der Waals surface area contributed by atoms with Crippen LogP contribution in [0.1, 0.15) is 62.5 Å². The highest BCUT2D eigenvalue weighted by Crippen LogP contribution is 2.36. The van der Waals surface area contributed by atoms with Crippen LogP contribution in [-0.4, -0.2) is 36.6 Å². The van der Waals surface area contributed by atoms with Gasteiger partial charge in [0.15, 0.2) is 0 Å². The summed E-state index contributed by atoms with van der Waals surface area (Å²) in [4.78, 5) is 0. The summed E-state index contributed by atoms with van der Waals surface area (Å²) in [6.07, 6.45) is 12.3. The predicted molar refractivity (Wildman–Crippen MR) is 145 cm³/mol. The van der Waals surface area contributed by atoms with Crippen molar-refractivity contribution in [2.75, 3.05) is 0 Å². The molecule has 0 bridgehead atoms. The standard InChI is InChI=1S/C32H42O4/c1-3-5-17-27(33-23-25-13-9-7-10-14-25)29-19-21-31(35-29)32-22-20-30(36-32)28(18-6-4-2)34-24-26-15-11-8-12-16-26/h3-4,7-16,27-32H,1-2,5-6,17-24H2/t27-,28+,29-,30-,31+,32+/m1/s1. The van der Waals surface area contributed by atoms with Gasteiger partial charge in [0.2, 0.25) is 0 Å². The predicted octanol–water partition coefficient (Wildman–Crippen LogP) is 7.18. The Balaban J connectivity index is 1.29. The summed E-state index contributed by atoms with van der Waals surface area (Å²) >= 11 is 0. The topological polar surface area (TPSA) is 36.9 Å². The van der Waals surface area contributed by atoms with Crippen LogP contribution in [-0.2, 0) is 32.2 Å². The van der Waals surface area contributed by atoms with Crippen LogP contribution in [0.25, 0.3) is 0 Å². The van der Waals surface area contributed by atoms with E-state index in [1.165, 1.54) is 11.1 Å². The lowest BCUT2D eigenvalue weighted by Gasteiger charge is -2.27. The molecule has 6 atom stereocenters. The molecule has 2 aromatic rings. The fourth-order valence-electron chi connectivity index (χ4n) is 5.34. The lowest BCUT2D eigenvalue weighted by atomic mass is 10.0. The summed E-state index contributed by atoms with van der Waals surface area (Å²) in [5.41, 5.74) is 2.39. The number of hydrogen-bond acceptors (Lipinski definition) is 4. The molecule has 0 unspecified atom stereocenters. The maximum atomic E-state index is 6.59. The highest BCUT2D eigenvalue weighted by molar-refractivity contribution is 5.14.